The number of hydrogen-bond donors (Lipinski definition) is 1. The molecule has 0 aliphatic rings. The van der Waals surface area contributed by atoms with Crippen LogP contribution in [-0.4, -0.2) is 28.5 Å². The van der Waals surface area contributed by atoms with E-state index < -0.39 is 6.04 Å². The van der Waals surface area contributed by atoms with Gasteiger partial charge in [-0.2, -0.15) is 5.10 Å². The Morgan fingerprint density at radius 2 is 2.26 bits per heavy atom. The van der Waals surface area contributed by atoms with Crippen molar-refractivity contribution in [1.29, 1.82) is 0 Å². The van der Waals surface area contributed by atoms with E-state index in [4.69, 9.17) is 10.5 Å². The quantitative estimate of drug-likeness (QED) is 0.910. The minimum Gasteiger partial charge on any atom is -0.383 e. The number of ether oxygens (including phenoxy) is 1. The number of methoxy groups -OCH3 is 1. The second-order valence-electron chi connectivity index (χ2n) is 3.97. The molecule has 2 N–H and O–H groups in total. The molecule has 2 aromatic heterocycles. The van der Waals surface area contributed by atoms with Crippen molar-refractivity contribution in [2.45, 2.75) is 12.6 Å². The topological polar surface area (TPSA) is 66.0 Å². The van der Waals surface area contributed by atoms with E-state index in [2.05, 4.69) is 26.0 Å². The molecule has 0 saturated heterocycles. The highest BCUT2D eigenvalue weighted by atomic mass is 79.9. The van der Waals surface area contributed by atoms with E-state index in [1.807, 2.05) is 0 Å². The summed E-state index contributed by atoms with van der Waals surface area (Å²) < 4.78 is 20.4. The van der Waals surface area contributed by atoms with Gasteiger partial charge in [-0.25, -0.2) is 4.39 Å². The molecule has 102 valence electrons. The van der Waals surface area contributed by atoms with Crippen LogP contribution in [0.25, 0.3) is 0 Å². The molecule has 0 aliphatic carbocycles. The molecule has 2 rings (SSSR count). The Morgan fingerprint density at radius 1 is 1.47 bits per heavy atom. The van der Waals surface area contributed by atoms with Gasteiger partial charge in [0.2, 0.25) is 0 Å². The van der Waals surface area contributed by atoms with Gasteiger partial charge in [0.1, 0.15) is 5.82 Å². The van der Waals surface area contributed by atoms with Crippen LogP contribution in [0.3, 0.4) is 0 Å². The molecular formula is C12H14BrFN4O. The molecule has 0 amide bonds. The van der Waals surface area contributed by atoms with Crippen molar-refractivity contribution in [2.75, 3.05) is 13.7 Å². The fraction of sp³-hybridized carbons (Fsp3) is 0.333. The van der Waals surface area contributed by atoms with Crippen LogP contribution in [0, 0.1) is 5.82 Å². The molecule has 19 heavy (non-hydrogen) atoms. The molecule has 0 aliphatic heterocycles. The average Bonchev–Trinajstić information content (AvgIpc) is 2.77. The van der Waals surface area contributed by atoms with Crippen molar-refractivity contribution in [2.24, 2.45) is 5.73 Å². The number of aromatic nitrogens is 3. The number of halogens is 2. The first-order valence-corrected chi connectivity index (χ1v) is 6.50. The maximum Gasteiger partial charge on any atom is 0.141 e. The molecule has 1 atom stereocenters. The molecule has 2 aromatic rings. The molecule has 0 radical (unpaired) electrons. The summed E-state index contributed by atoms with van der Waals surface area (Å²) in [6.07, 6.45) is 2.83. The second-order valence-corrected chi connectivity index (χ2v) is 4.83. The molecule has 2 heterocycles. The predicted molar refractivity (Wildman–Crippen MR) is 72.0 cm³/mol. The highest BCUT2D eigenvalue weighted by molar-refractivity contribution is 9.10. The van der Waals surface area contributed by atoms with Crippen molar-refractivity contribution in [3.63, 3.8) is 0 Å². The van der Waals surface area contributed by atoms with Crippen LogP contribution in [0.2, 0.25) is 0 Å². The Kier molecular flexibility index (Phi) is 4.62. The molecule has 0 saturated carbocycles. The summed E-state index contributed by atoms with van der Waals surface area (Å²) in [6.45, 7) is 1.12. The van der Waals surface area contributed by atoms with Crippen LogP contribution in [-0.2, 0) is 11.3 Å². The summed E-state index contributed by atoms with van der Waals surface area (Å²) in [5.41, 5.74) is 7.54. The van der Waals surface area contributed by atoms with Crippen LogP contribution in [0.15, 0.2) is 29.0 Å². The molecule has 0 aromatic carbocycles. The lowest BCUT2D eigenvalue weighted by Gasteiger charge is -2.14. The first-order valence-electron chi connectivity index (χ1n) is 5.70. The minimum atomic E-state index is -0.477. The summed E-state index contributed by atoms with van der Waals surface area (Å²) in [6, 6.07) is 2.43. The van der Waals surface area contributed by atoms with Crippen molar-refractivity contribution in [3.05, 3.63) is 46.2 Å². The Bertz CT molecular complexity index is 543. The molecule has 0 spiro atoms. The van der Waals surface area contributed by atoms with Crippen LogP contribution in [0.1, 0.15) is 17.4 Å². The lowest BCUT2D eigenvalue weighted by Crippen LogP contribution is -2.20. The third kappa shape index (κ3) is 3.17. The predicted octanol–water partition coefficient (Wildman–Crippen LogP) is 1.87. The SMILES string of the molecule is COCCn1ncc(Br)c1C(N)c1ccc(F)cn1. The van der Waals surface area contributed by atoms with E-state index in [-0.39, 0.29) is 5.82 Å². The van der Waals surface area contributed by atoms with Crippen molar-refractivity contribution in [3.8, 4) is 0 Å². The largest absolute Gasteiger partial charge is 0.383 e. The zero-order valence-electron chi connectivity index (χ0n) is 10.4. The van der Waals surface area contributed by atoms with Gasteiger partial charge >= 0.3 is 0 Å². The zero-order chi connectivity index (χ0) is 13.8. The van der Waals surface area contributed by atoms with Gasteiger partial charge in [0.15, 0.2) is 0 Å². The fourth-order valence-corrected chi connectivity index (χ4v) is 2.29. The van der Waals surface area contributed by atoms with Gasteiger partial charge < -0.3 is 10.5 Å². The third-order valence-electron chi connectivity index (χ3n) is 2.70. The van der Waals surface area contributed by atoms with Crippen LogP contribution in [0.4, 0.5) is 4.39 Å². The molecular weight excluding hydrogens is 315 g/mol. The van der Waals surface area contributed by atoms with Gasteiger partial charge in [0.25, 0.3) is 0 Å². The number of nitrogens with two attached hydrogens (primary N) is 1. The first kappa shape index (κ1) is 14.1. The Labute approximate surface area is 118 Å². The maximum absolute atomic E-state index is 12.9. The summed E-state index contributed by atoms with van der Waals surface area (Å²) in [4.78, 5) is 4.00. The Morgan fingerprint density at radius 3 is 2.89 bits per heavy atom. The van der Waals surface area contributed by atoms with Crippen molar-refractivity contribution < 1.29 is 9.13 Å². The number of nitrogens with zero attached hydrogens (tertiary/aromatic N) is 3. The molecule has 1 unspecified atom stereocenters. The fourth-order valence-electron chi connectivity index (χ4n) is 1.75. The van der Waals surface area contributed by atoms with E-state index >= 15 is 0 Å². The van der Waals surface area contributed by atoms with Gasteiger partial charge in [0.05, 0.1) is 47.4 Å². The van der Waals surface area contributed by atoms with Gasteiger partial charge in [-0.1, -0.05) is 0 Å². The van der Waals surface area contributed by atoms with E-state index in [1.165, 1.54) is 6.07 Å². The monoisotopic (exact) mass is 328 g/mol. The zero-order valence-corrected chi connectivity index (χ0v) is 12.0. The standard InChI is InChI=1S/C12H14BrFN4O/c1-19-5-4-18-12(9(13)7-17-18)11(15)10-3-2-8(14)6-16-10/h2-3,6-7,11H,4-5,15H2,1H3. The molecule has 0 fully saturated rings. The van der Waals surface area contributed by atoms with Gasteiger partial charge in [0, 0.05) is 7.11 Å². The third-order valence-corrected chi connectivity index (χ3v) is 3.31. The van der Waals surface area contributed by atoms with Crippen molar-refractivity contribution in [1.82, 2.24) is 14.8 Å². The Balaban J connectivity index is 2.29. The lowest BCUT2D eigenvalue weighted by atomic mass is 10.1. The van der Waals surface area contributed by atoms with Gasteiger partial charge in [-0.15, -0.1) is 0 Å². The van der Waals surface area contributed by atoms with E-state index in [9.17, 15) is 4.39 Å². The smallest absolute Gasteiger partial charge is 0.141 e. The van der Waals surface area contributed by atoms with Crippen LogP contribution >= 0.6 is 15.9 Å². The molecule has 5 nitrogen and oxygen atoms in total. The number of hydrogen-bond acceptors (Lipinski definition) is 4. The highest BCUT2D eigenvalue weighted by Gasteiger charge is 2.19. The van der Waals surface area contributed by atoms with E-state index in [0.29, 0.717) is 18.8 Å². The van der Waals surface area contributed by atoms with E-state index in [0.717, 1.165) is 16.4 Å². The molecule has 7 heteroatoms. The highest BCUT2D eigenvalue weighted by Crippen LogP contribution is 2.25. The lowest BCUT2D eigenvalue weighted by molar-refractivity contribution is 0.182. The number of rotatable bonds is 5. The summed E-state index contributed by atoms with van der Waals surface area (Å²) >= 11 is 3.42. The summed E-state index contributed by atoms with van der Waals surface area (Å²) in [5, 5.41) is 4.23. The minimum absolute atomic E-state index is 0.386. The van der Waals surface area contributed by atoms with E-state index in [1.54, 1.807) is 24.1 Å². The maximum atomic E-state index is 12.9. The Hall–Kier alpha value is -1.31. The first-order chi connectivity index (χ1) is 9.13. The van der Waals surface area contributed by atoms with Gasteiger partial charge in [-0.05, 0) is 28.1 Å². The van der Waals surface area contributed by atoms with Crippen LogP contribution < -0.4 is 5.73 Å². The second kappa shape index (κ2) is 6.23. The number of pyridine rings is 1. The summed E-state index contributed by atoms with van der Waals surface area (Å²) in [5.74, 6) is -0.386. The average molecular weight is 329 g/mol. The summed E-state index contributed by atoms with van der Waals surface area (Å²) in [7, 11) is 1.62. The van der Waals surface area contributed by atoms with Crippen molar-refractivity contribution >= 4 is 15.9 Å². The van der Waals surface area contributed by atoms with Crippen LogP contribution in [0.5, 0.6) is 0 Å². The normalized spacial score (nSPS) is 12.6. The molecule has 0 bridgehead atoms. The van der Waals surface area contributed by atoms with Gasteiger partial charge in [-0.3, -0.25) is 9.67 Å².